The van der Waals surface area contributed by atoms with Gasteiger partial charge in [0.05, 0.1) is 20.3 Å². The lowest BCUT2D eigenvalue weighted by atomic mass is 9.94. The Morgan fingerprint density at radius 3 is 2.69 bits per heavy atom. The van der Waals surface area contributed by atoms with Crippen LogP contribution in [-0.4, -0.2) is 24.7 Å². The van der Waals surface area contributed by atoms with E-state index in [1.165, 1.54) is 6.08 Å². The smallest absolute Gasteiger partial charge is 0.331 e. The molecular weight excluding hydrogens is 328 g/mol. The highest BCUT2D eigenvalue weighted by Gasteiger charge is 2.17. The Hall–Kier alpha value is -3.52. The first-order chi connectivity index (χ1) is 12.7. The number of H-pyrrole nitrogens is 1. The van der Waals surface area contributed by atoms with E-state index in [1.807, 2.05) is 42.5 Å². The summed E-state index contributed by atoms with van der Waals surface area (Å²) in [6.07, 6.45) is 3.13. The molecule has 0 aliphatic rings. The Labute approximate surface area is 151 Å². The number of rotatable bonds is 5. The summed E-state index contributed by atoms with van der Waals surface area (Å²) in [5, 5.41) is 0.750. The van der Waals surface area contributed by atoms with Crippen molar-refractivity contribution in [2.45, 2.75) is 6.92 Å². The second-order valence-electron chi connectivity index (χ2n) is 5.56. The van der Waals surface area contributed by atoms with Crippen LogP contribution < -0.4 is 4.74 Å². The first kappa shape index (κ1) is 17.3. The van der Waals surface area contributed by atoms with Gasteiger partial charge in [-0.25, -0.2) is 9.64 Å². The topological polar surface area (TPSA) is 55.7 Å². The average molecular weight is 346 g/mol. The molecule has 3 aromatic rings. The molecule has 0 spiro atoms. The molecule has 1 aromatic heterocycles. The van der Waals surface area contributed by atoms with E-state index in [4.69, 9.17) is 16.0 Å². The van der Waals surface area contributed by atoms with Crippen LogP contribution in [0.4, 0.5) is 5.69 Å². The third-order valence-electron chi connectivity index (χ3n) is 4.01. The summed E-state index contributed by atoms with van der Waals surface area (Å²) in [7, 11) is 1.58. The van der Waals surface area contributed by atoms with E-state index in [0.29, 0.717) is 23.6 Å². The number of ether oxygens (including phenoxy) is 2. The number of carbonyl (C=O) groups is 1. The molecule has 0 atom stereocenters. The van der Waals surface area contributed by atoms with Crippen molar-refractivity contribution in [3.8, 4) is 5.75 Å². The molecule has 130 valence electrons. The van der Waals surface area contributed by atoms with Gasteiger partial charge in [0.1, 0.15) is 5.75 Å². The van der Waals surface area contributed by atoms with Gasteiger partial charge in [-0.15, -0.1) is 0 Å². The Bertz CT molecular complexity index is 1010. The maximum absolute atomic E-state index is 12.2. The minimum Gasteiger partial charge on any atom is -0.497 e. The summed E-state index contributed by atoms with van der Waals surface area (Å²) in [6, 6.07) is 13.2. The quantitative estimate of drug-likeness (QED) is 0.413. The minimum atomic E-state index is -0.428. The van der Waals surface area contributed by atoms with Crippen LogP contribution in [0.15, 0.2) is 54.7 Å². The monoisotopic (exact) mass is 346 g/mol. The van der Waals surface area contributed by atoms with Gasteiger partial charge in [0, 0.05) is 29.2 Å². The fourth-order valence-corrected chi connectivity index (χ4v) is 2.88. The molecule has 0 radical (unpaired) electrons. The van der Waals surface area contributed by atoms with Gasteiger partial charge in [-0.1, -0.05) is 30.3 Å². The van der Waals surface area contributed by atoms with E-state index in [9.17, 15) is 4.79 Å². The molecule has 2 aromatic carbocycles. The standard InChI is InChI=1S/C21H18N2O3/c1-4-26-20(24)12-16(14-8-6-5-7-9-14)17-10-15(25-3)11-18-21(17)19(22-2)13-23-18/h5-13,23H,4H2,1,3H3. The molecule has 1 N–H and O–H groups in total. The number of aromatic amines is 1. The molecule has 0 unspecified atom stereocenters. The lowest BCUT2D eigenvalue weighted by Crippen LogP contribution is -2.02. The van der Waals surface area contributed by atoms with E-state index >= 15 is 0 Å². The lowest BCUT2D eigenvalue weighted by molar-refractivity contribution is -0.137. The second-order valence-corrected chi connectivity index (χ2v) is 5.56. The van der Waals surface area contributed by atoms with Crippen molar-refractivity contribution in [3.05, 3.63) is 77.3 Å². The van der Waals surface area contributed by atoms with Crippen molar-refractivity contribution in [1.29, 1.82) is 0 Å². The van der Waals surface area contributed by atoms with Gasteiger partial charge in [-0.3, -0.25) is 0 Å². The van der Waals surface area contributed by atoms with Crippen LogP contribution in [0.3, 0.4) is 0 Å². The summed E-state index contributed by atoms with van der Waals surface area (Å²) in [5.74, 6) is 0.207. The molecule has 3 rings (SSSR count). The summed E-state index contributed by atoms with van der Waals surface area (Å²) in [6.45, 7) is 9.51. The number of hydrogen-bond donors (Lipinski definition) is 1. The van der Waals surface area contributed by atoms with Gasteiger partial charge in [-0.05, 0) is 29.7 Å². The highest BCUT2D eigenvalue weighted by Crippen LogP contribution is 2.38. The predicted octanol–water partition coefficient (Wildman–Crippen LogP) is 4.72. The Morgan fingerprint density at radius 2 is 2.04 bits per heavy atom. The van der Waals surface area contributed by atoms with Gasteiger partial charge < -0.3 is 14.5 Å². The molecule has 0 aliphatic heterocycles. The number of carbonyl (C=O) groups excluding carboxylic acids is 1. The van der Waals surface area contributed by atoms with E-state index < -0.39 is 5.97 Å². The van der Waals surface area contributed by atoms with Crippen LogP contribution in [-0.2, 0) is 9.53 Å². The molecule has 0 fully saturated rings. The van der Waals surface area contributed by atoms with E-state index in [2.05, 4.69) is 9.83 Å². The molecule has 0 amide bonds. The van der Waals surface area contributed by atoms with Crippen molar-refractivity contribution in [2.24, 2.45) is 0 Å². The molecule has 26 heavy (non-hydrogen) atoms. The summed E-state index contributed by atoms with van der Waals surface area (Å²) < 4.78 is 10.5. The van der Waals surface area contributed by atoms with Crippen molar-refractivity contribution in [3.63, 3.8) is 0 Å². The minimum absolute atomic E-state index is 0.294. The molecule has 0 saturated carbocycles. The maximum atomic E-state index is 12.2. The van der Waals surface area contributed by atoms with E-state index in [-0.39, 0.29) is 0 Å². The molecular formula is C21H18N2O3. The average Bonchev–Trinajstić information content (AvgIpc) is 3.09. The van der Waals surface area contributed by atoms with Crippen LogP contribution in [0.1, 0.15) is 18.1 Å². The zero-order valence-electron chi connectivity index (χ0n) is 14.6. The molecule has 0 aliphatic carbocycles. The molecule has 0 bridgehead atoms. The van der Waals surface area contributed by atoms with Crippen LogP contribution in [0.25, 0.3) is 21.3 Å². The van der Waals surface area contributed by atoms with E-state index in [0.717, 1.165) is 22.0 Å². The second kappa shape index (κ2) is 7.58. The van der Waals surface area contributed by atoms with Crippen molar-refractivity contribution >= 4 is 28.1 Å². The molecule has 5 nitrogen and oxygen atoms in total. The number of aromatic nitrogens is 1. The Morgan fingerprint density at radius 1 is 1.27 bits per heavy atom. The number of nitrogens with one attached hydrogen (secondary N) is 1. The van der Waals surface area contributed by atoms with Gasteiger partial charge >= 0.3 is 5.97 Å². The van der Waals surface area contributed by atoms with Crippen LogP contribution >= 0.6 is 0 Å². The van der Waals surface area contributed by atoms with Crippen LogP contribution in [0.2, 0.25) is 0 Å². The number of fused-ring (bicyclic) bond motifs is 1. The fraction of sp³-hybridized carbons (Fsp3) is 0.143. The third-order valence-corrected chi connectivity index (χ3v) is 4.01. The maximum Gasteiger partial charge on any atom is 0.331 e. The predicted molar refractivity (Wildman–Crippen MR) is 101 cm³/mol. The van der Waals surface area contributed by atoms with Crippen molar-refractivity contribution in [2.75, 3.05) is 13.7 Å². The van der Waals surface area contributed by atoms with Crippen molar-refractivity contribution < 1.29 is 14.3 Å². The molecule has 1 heterocycles. The number of benzene rings is 2. The summed E-state index contributed by atoms with van der Waals surface area (Å²) in [4.78, 5) is 18.9. The molecule has 5 heteroatoms. The van der Waals surface area contributed by atoms with E-state index in [1.54, 1.807) is 20.2 Å². The highest BCUT2D eigenvalue weighted by atomic mass is 16.5. The zero-order chi connectivity index (χ0) is 18.5. The Balaban J connectivity index is 2.32. The summed E-state index contributed by atoms with van der Waals surface area (Å²) in [5.41, 5.74) is 3.54. The number of methoxy groups -OCH3 is 1. The van der Waals surface area contributed by atoms with Crippen LogP contribution in [0, 0.1) is 6.57 Å². The number of hydrogen-bond acceptors (Lipinski definition) is 3. The number of nitrogens with zero attached hydrogens (tertiary/aromatic N) is 1. The zero-order valence-corrected chi connectivity index (χ0v) is 14.6. The van der Waals surface area contributed by atoms with Gasteiger partial charge in [0.15, 0.2) is 0 Å². The normalized spacial score (nSPS) is 11.2. The van der Waals surface area contributed by atoms with Gasteiger partial charge in [-0.2, -0.15) is 0 Å². The van der Waals surface area contributed by atoms with Crippen molar-refractivity contribution in [1.82, 2.24) is 4.98 Å². The SMILES string of the molecule is [C-]#[N+]c1c[nH]c2cc(OC)cc(C(=CC(=O)OCC)c3ccccc3)c12. The van der Waals surface area contributed by atoms with Gasteiger partial charge in [0.2, 0.25) is 5.69 Å². The molecule has 0 saturated heterocycles. The van der Waals surface area contributed by atoms with Gasteiger partial charge in [0.25, 0.3) is 0 Å². The number of esters is 1. The lowest BCUT2D eigenvalue weighted by Gasteiger charge is -2.13. The summed E-state index contributed by atoms with van der Waals surface area (Å²) >= 11 is 0. The third kappa shape index (κ3) is 3.31. The Kier molecular flexibility index (Phi) is 5.04. The first-order valence-corrected chi connectivity index (χ1v) is 8.18. The fourth-order valence-electron chi connectivity index (χ4n) is 2.88. The largest absolute Gasteiger partial charge is 0.497 e. The highest BCUT2D eigenvalue weighted by molar-refractivity contribution is 6.08. The first-order valence-electron chi connectivity index (χ1n) is 8.18. The van der Waals surface area contributed by atoms with Crippen LogP contribution in [0.5, 0.6) is 5.75 Å².